The minimum atomic E-state index is -1.07. The lowest BCUT2D eigenvalue weighted by atomic mass is 9.92. The predicted octanol–water partition coefficient (Wildman–Crippen LogP) is 0.313. The third-order valence-electron chi connectivity index (χ3n) is 3.25. The number of aliphatic hydroxyl groups is 2. The Morgan fingerprint density at radius 3 is 2.72 bits per heavy atom. The largest absolute Gasteiger partial charge is 0.393 e. The van der Waals surface area contributed by atoms with Gasteiger partial charge in [-0.2, -0.15) is 0 Å². The Morgan fingerprint density at radius 1 is 1.50 bits per heavy atom. The van der Waals surface area contributed by atoms with Crippen LogP contribution in [0.25, 0.3) is 0 Å². The van der Waals surface area contributed by atoms with Crippen molar-refractivity contribution in [2.45, 2.75) is 18.4 Å². The second-order valence-corrected chi connectivity index (χ2v) is 4.47. The summed E-state index contributed by atoms with van der Waals surface area (Å²) in [6, 6.07) is 2.94. The van der Waals surface area contributed by atoms with Gasteiger partial charge in [0, 0.05) is 25.4 Å². The van der Waals surface area contributed by atoms with Gasteiger partial charge in [0.25, 0.3) is 0 Å². The molecule has 2 heterocycles. The summed E-state index contributed by atoms with van der Waals surface area (Å²) < 4.78 is 0. The first-order valence-electron chi connectivity index (χ1n) is 5.73. The van der Waals surface area contributed by atoms with Crippen LogP contribution in [0, 0.1) is 10.1 Å². The van der Waals surface area contributed by atoms with Gasteiger partial charge in [-0.15, -0.1) is 0 Å². The molecule has 18 heavy (non-hydrogen) atoms. The van der Waals surface area contributed by atoms with E-state index in [1.807, 2.05) is 0 Å². The first-order chi connectivity index (χ1) is 8.56. The Balaban J connectivity index is 2.17. The SMILES string of the molecule is O=[N+]([O-])c1cccnc1N1CCC(O)(CO)CC1. The van der Waals surface area contributed by atoms with Crippen LogP contribution in [0.15, 0.2) is 18.3 Å². The minimum absolute atomic E-state index is 0.0352. The van der Waals surface area contributed by atoms with E-state index in [0.717, 1.165) is 0 Å². The molecule has 2 N–H and O–H groups in total. The van der Waals surface area contributed by atoms with Crippen molar-refractivity contribution in [1.82, 2.24) is 4.98 Å². The average Bonchev–Trinajstić information content (AvgIpc) is 2.39. The highest BCUT2D eigenvalue weighted by Crippen LogP contribution is 2.30. The number of hydrogen-bond acceptors (Lipinski definition) is 6. The van der Waals surface area contributed by atoms with E-state index in [2.05, 4.69) is 4.98 Å². The molecule has 1 saturated heterocycles. The Kier molecular flexibility index (Phi) is 3.44. The third kappa shape index (κ3) is 2.41. The summed E-state index contributed by atoms with van der Waals surface area (Å²) in [4.78, 5) is 16.2. The molecule has 1 aromatic rings. The molecule has 7 nitrogen and oxygen atoms in total. The molecule has 2 rings (SSSR count). The fourth-order valence-corrected chi connectivity index (χ4v) is 2.07. The summed E-state index contributed by atoms with van der Waals surface area (Å²) in [6.07, 6.45) is 2.25. The van der Waals surface area contributed by atoms with Gasteiger partial charge < -0.3 is 15.1 Å². The Hall–Kier alpha value is -1.73. The predicted molar refractivity (Wildman–Crippen MR) is 64.4 cm³/mol. The molecule has 0 aromatic carbocycles. The van der Waals surface area contributed by atoms with Gasteiger partial charge in [-0.05, 0) is 18.9 Å². The van der Waals surface area contributed by atoms with Crippen LogP contribution in [0.4, 0.5) is 11.5 Å². The van der Waals surface area contributed by atoms with Gasteiger partial charge in [0.05, 0.1) is 17.1 Å². The average molecular weight is 253 g/mol. The van der Waals surface area contributed by atoms with Crippen LogP contribution >= 0.6 is 0 Å². The van der Waals surface area contributed by atoms with Crippen molar-refractivity contribution in [2.75, 3.05) is 24.6 Å². The van der Waals surface area contributed by atoms with Crippen molar-refractivity contribution in [3.05, 3.63) is 28.4 Å². The maximum absolute atomic E-state index is 10.9. The molecule has 0 saturated carbocycles. The lowest BCUT2D eigenvalue weighted by Crippen LogP contribution is -2.47. The molecule has 0 unspecified atom stereocenters. The van der Waals surface area contributed by atoms with Crippen LogP contribution in [0.3, 0.4) is 0 Å². The standard InChI is InChI=1S/C11H15N3O4/c15-8-11(16)3-6-13(7-4-11)10-9(14(17)18)2-1-5-12-10/h1-2,5,15-16H,3-4,6-8H2. The maximum atomic E-state index is 10.9. The topological polar surface area (TPSA) is 99.7 Å². The zero-order valence-corrected chi connectivity index (χ0v) is 9.82. The molecule has 0 bridgehead atoms. The van der Waals surface area contributed by atoms with Gasteiger partial charge in [-0.3, -0.25) is 10.1 Å². The molecule has 1 fully saturated rings. The van der Waals surface area contributed by atoms with Crippen LogP contribution in [0.2, 0.25) is 0 Å². The van der Waals surface area contributed by atoms with E-state index in [1.165, 1.54) is 18.3 Å². The number of pyridine rings is 1. The number of aliphatic hydroxyl groups excluding tert-OH is 1. The molecule has 1 aliphatic rings. The molecule has 1 aliphatic heterocycles. The molecule has 1 aromatic heterocycles. The van der Waals surface area contributed by atoms with Crippen molar-refractivity contribution in [1.29, 1.82) is 0 Å². The summed E-state index contributed by atoms with van der Waals surface area (Å²) in [7, 11) is 0. The summed E-state index contributed by atoms with van der Waals surface area (Å²) >= 11 is 0. The number of piperidine rings is 1. The van der Waals surface area contributed by atoms with Crippen LogP contribution in [0.5, 0.6) is 0 Å². The smallest absolute Gasteiger partial charge is 0.311 e. The highest BCUT2D eigenvalue weighted by atomic mass is 16.6. The number of nitrogens with zero attached hydrogens (tertiary/aromatic N) is 3. The highest BCUT2D eigenvalue weighted by molar-refractivity contribution is 5.57. The first-order valence-corrected chi connectivity index (χ1v) is 5.73. The molecule has 0 aliphatic carbocycles. The lowest BCUT2D eigenvalue weighted by Gasteiger charge is -2.37. The van der Waals surface area contributed by atoms with Crippen LogP contribution in [0.1, 0.15) is 12.8 Å². The number of nitro groups is 1. The fourth-order valence-electron chi connectivity index (χ4n) is 2.07. The second-order valence-electron chi connectivity index (χ2n) is 4.47. The zero-order valence-electron chi connectivity index (χ0n) is 9.82. The Bertz CT molecular complexity index is 444. The van der Waals surface area contributed by atoms with E-state index in [9.17, 15) is 15.2 Å². The molecule has 0 atom stereocenters. The highest BCUT2D eigenvalue weighted by Gasteiger charge is 2.33. The quantitative estimate of drug-likeness (QED) is 0.594. The summed E-state index contributed by atoms with van der Waals surface area (Å²) in [5.74, 6) is 0.322. The number of aromatic nitrogens is 1. The van der Waals surface area contributed by atoms with E-state index in [-0.39, 0.29) is 12.3 Å². The molecule has 0 amide bonds. The summed E-state index contributed by atoms with van der Waals surface area (Å²) in [5.41, 5.74) is -1.10. The van der Waals surface area contributed by atoms with E-state index >= 15 is 0 Å². The zero-order chi connectivity index (χ0) is 13.2. The minimum Gasteiger partial charge on any atom is -0.393 e. The van der Waals surface area contributed by atoms with Crippen molar-refractivity contribution >= 4 is 11.5 Å². The molecular formula is C11H15N3O4. The van der Waals surface area contributed by atoms with Crippen molar-refractivity contribution in [2.24, 2.45) is 0 Å². The van der Waals surface area contributed by atoms with Gasteiger partial charge in [0.1, 0.15) is 0 Å². The van der Waals surface area contributed by atoms with Crippen molar-refractivity contribution < 1.29 is 15.1 Å². The van der Waals surface area contributed by atoms with E-state index in [4.69, 9.17) is 5.11 Å². The summed E-state index contributed by atoms with van der Waals surface area (Å²) in [6.45, 7) is 0.592. The van der Waals surface area contributed by atoms with E-state index < -0.39 is 10.5 Å². The molecule has 0 spiro atoms. The molecule has 98 valence electrons. The van der Waals surface area contributed by atoms with Crippen LogP contribution in [-0.4, -0.2) is 45.4 Å². The van der Waals surface area contributed by atoms with Crippen LogP contribution in [-0.2, 0) is 0 Å². The molecule has 0 radical (unpaired) electrons. The molecular weight excluding hydrogens is 238 g/mol. The third-order valence-corrected chi connectivity index (χ3v) is 3.25. The first kappa shape index (κ1) is 12.7. The maximum Gasteiger partial charge on any atom is 0.311 e. The molecule has 7 heteroatoms. The fraction of sp³-hybridized carbons (Fsp3) is 0.545. The van der Waals surface area contributed by atoms with E-state index in [1.54, 1.807) is 4.90 Å². The van der Waals surface area contributed by atoms with Gasteiger partial charge in [0.2, 0.25) is 5.82 Å². The van der Waals surface area contributed by atoms with Gasteiger partial charge >= 0.3 is 5.69 Å². The Morgan fingerprint density at radius 2 is 2.17 bits per heavy atom. The van der Waals surface area contributed by atoms with Crippen molar-refractivity contribution in [3.8, 4) is 0 Å². The van der Waals surface area contributed by atoms with Crippen LogP contribution < -0.4 is 4.90 Å². The van der Waals surface area contributed by atoms with Gasteiger partial charge in [-0.1, -0.05) is 0 Å². The Labute approximate surface area is 104 Å². The normalized spacial score (nSPS) is 18.7. The van der Waals surface area contributed by atoms with Gasteiger partial charge in [0.15, 0.2) is 0 Å². The van der Waals surface area contributed by atoms with Crippen molar-refractivity contribution in [3.63, 3.8) is 0 Å². The second kappa shape index (κ2) is 4.87. The summed E-state index contributed by atoms with van der Waals surface area (Å²) in [5, 5.41) is 29.8. The lowest BCUT2D eigenvalue weighted by molar-refractivity contribution is -0.384. The van der Waals surface area contributed by atoms with E-state index in [0.29, 0.717) is 31.7 Å². The van der Waals surface area contributed by atoms with Gasteiger partial charge in [-0.25, -0.2) is 4.98 Å². The monoisotopic (exact) mass is 253 g/mol. The number of rotatable bonds is 3. The number of hydrogen-bond donors (Lipinski definition) is 2. The number of anilines is 1.